The number of benzene rings is 1. The second kappa shape index (κ2) is 5.83. The molecule has 3 N–H and O–H groups in total. The van der Waals surface area contributed by atoms with Gasteiger partial charge in [0.05, 0.1) is 5.60 Å². The monoisotopic (exact) mass is 277 g/mol. The molecule has 1 aromatic carbocycles. The molecule has 1 aliphatic carbocycles. The summed E-state index contributed by atoms with van der Waals surface area (Å²) >= 11 is 0. The molecule has 1 aliphatic rings. The van der Waals surface area contributed by atoms with Crippen LogP contribution in [0.1, 0.15) is 48.5 Å². The Morgan fingerprint density at radius 1 is 1.50 bits per heavy atom. The number of phenolic OH excluding ortho intramolecular Hbond substituents is 1. The molecule has 1 saturated carbocycles. The molecule has 0 radical (unpaired) electrons. The second-order valence-corrected chi connectivity index (χ2v) is 6.11. The molecule has 4 heteroatoms. The first kappa shape index (κ1) is 14.9. The fraction of sp³-hybridized carbons (Fsp3) is 0.562. The summed E-state index contributed by atoms with van der Waals surface area (Å²) in [5.74, 6) is 0.475. The number of aliphatic hydroxyl groups is 1. The minimum absolute atomic E-state index is 0.182. The molecule has 0 aliphatic heterocycles. The van der Waals surface area contributed by atoms with E-state index in [2.05, 4.69) is 12.2 Å². The molecule has 2 atom stereocenters. The van der Waals surface area contributed by atoms with Crippen LogP contribution in [-0.2, 0) is 0 Å². The minimum atomic E-state index is -0.778. The van der Waals surface area contributed by atoms with Crippen molar-refractivity contribution in [2.24, 2.45) is 5.92 Å². The van der Waals surface area contributed by atoms with E-state index in [1.807, 2.05) is 0 Å². The molecule has 0 saturated heterocycles. The standard InChI is InChI=1S/C16H23NO3/c1-11-4-3-7-16(20,9-11)10-17-15(19)13-5-6-14(18)12(2)8-13/h5-6,8,11,18,20H,3-4,7,9-10H2,1-2H3,(H,17,19). The van der Waals surface area contributed by atoms with Crippen molar-refractivity contribution >= 4 is 5.91 Å². The second-order valence-electron chi connectivity index (χ2n) is 6.11. The maximum absolute atomic E-state index is 12.1. The quantitative estimate of drug-likeness (QED) is 0.794. The van der Waals surface area contributed by atoms with Crippen LogP contribution in [-0.4, -0.2) is 28.3 Å². The van der Waals surface area contributed by atoms with E-state index in [-0.39, 0.29) is 18.2 Å². The van der Waals surface area contributed by atoms with E-state index in [0.717, 1.165) is 25.7 Å². The van der Waals surface area contributed by atoms with Crippen LogP contribution in [0, 0.1) is 12.8 Å². The van der Waals surface area contributed by atoms with Crippen LogP contribution in [0.15, 0.2) is 18.2 Å². The Morgan fingerprint density at radius 2 is 2.25 bits per heavy atom. The highest BCUT2D eigenvalue weighted by atomic mass is 16.3. The lowest BCUT2D eigenvalue weighted by Crippen LogP contribution is -2.45. The largest absolute Gasteiger partial charge is 0.508 e. The van der Waals surface area contributed by atoms with Crippen molar-refractivity contribution in [2.45, 2.75) is 45.1 Å². The molecule has 0 spiro atoms. The van der Waals surface area contributed by atoms with Crippen LogP contribution in [0.3, 0.4) is 0 Å². The smallest absolute Gasteiger partial charge is 0.251 e. The number of carbonyl (C=O) groups excluding carboxylic acids is 1. The molecule has 4 nitrogen and oxygen atoms in total. The Labute approximate surface area is 119 Å². The maximum atomic E-state index is 12.1. The van der Waals surface area contributed by atoms with E-state index in [1.54, 1.807) is 19.1 Å². The molecule has 1 fully saturated rings. The van der Waals surface area contributed by atoms with Gasteiger partial charge < -0.3 is 15.5 Å². The topological polar surface area (TPSA) is 69.6 Å². The van der Waals surface area contributed by atoms with E-state index < -0.39 is 5.60 Å². The summed E-state index contributed by atoms with van der Waals surface area (Å²) in [4.78, 5) is 12.1. The van der Waals surface area contributed by atoms with Crippen molar-refractivity contribution in [1.29, 1.82) is 0 Å². The van der Waals surface area contributed by atoms with Gasteiger partial charge in [-0.15, -0.1) is 0 Å². The van der Waals surface area contributed by atoms with Gasteiger partial charge in [-0.2, -0.15) is 0 Å². The van der Waals surface area contributed by atoms with Gasteiger partial charge in [-0.05, 0) is 49.4 Å². The van der Waals surface area contributed by atoms with Gasteiger partial charge in [0.15, 0.2) is 0 Å². The number of aromatic hydroxyl groups is 1. The van der Waals surface area contributed by atoms with Crippen molar-refractivity contribution in [2.75, 3.05) is 6.54 Å². The molecule has 2 rings (SSSR count). The normalized spacial score (nSPS) is 26.2. The summed E-state index contributed by atoms with van der Waals surface area (Å²) in [6.45, 7) is 4.17. The Balaban J connectivity index is 1.96. The van der Waals surface area contributed by atoms with E-state index in [0.29, 0.717) is 17.0 Å². The maximum Gasteiger partial charge on any atom is 0.251 e. The molecule has 0 heterocycles. The van der Waals surface area contributed by atoms with Crippen molar-refractivity contribution < 1.29 is 15.0 Å². The van der Waals surface area contributed by atoms with E-state index in [4.69, 9.17) is 0 Å². The van der Waals surface area contributed by atoms with Crippen molar-refractivity contribution in [3.63, 3.8) is 0 Å². The summed E-state index contributed by atoms with van der Waals surface area (Å²) in [5.41, 5.74) is 0.398. The van der Waals surface area contributed by atoms with Crippen molar-refractivity contribution in [1.82, 2.24) is 5.32 Å². The Kier molecular flexibility index (Phi) is 4.33. The number of rotatable bonds is 3. The zero-order chi connectivity index (χ0) is 14.8. The number of phenols is 1. The summed E-state index contributed by atoms with van der Waals surface area (Å²) in [6.07, 6.45) is 3.63. The number of hydrogen-bond acceptors (Lipinski definition) is 3. The van der Waals surface area contributed by atoms with Crippen LogP contribution in [0.25, 0.3) is 0 Å². The third-order valence-electron chi connectivity index (χ3n) is 4.10. The fourth-order valence-corrected chi connectivity index (χ4v) is 2.94. The van der Waals surface area contributed by atoms with E-state index >= 15 is 0 Å². The predicted octanol–water partition coefficient (Wildman–Crippen LogP) is 2.37. The third kappa shape index (κ3) is 3.51. The summed E-state index contributed by atoms with van der Waals surface area (Å²) in [6, 6.07) is 4.76. The Morgan fingerprint density at radius 3 is 2.90 bits per heavy atom. The molecule has 2 unspecified atom stereocenters. The fourth-order valence-electron chi connectivity index (χ4n) is 2.94. The van der Waals surface area contributed by atoms with Gasteiger partial charge in [-0.1, -0.05) is 19.8 Å². The molecule has 1 amide bonds. The first-order valence-electron chi connectivity index (χ1n) is 7.20. The zero-order valence-corrected chi connectivity index (χ0v) is 12.1. The summed E-state index contributed by atoms with van der Waals surface area (Å²) in [7, 11) is 0. The summed E-state index contributed by atoms with van der Waals surface area (Å²) < 4.78 is 0. The van der Waals surface area contributed by atoms with Gasteiger partial charge in [-0.3, -0.25) is 4.79 Å². The Bertz CT molecular complexity index is 500. The number of carbonyl (C=O) groups is 1. The average Bonchev–Trinajstić information content (AvgIpc) is 2.39. The number of hydrogen-bond donors (Lipinski definition) is 3. The minimum Gasteiger partial charge on any atom is -0.508 e. The highest BCUT2D eigenvalue weighted by Gasteiger charge is 2.32. The molecule has 1 aromatic rings. The van der Waals surface area contributed by atoms with Gasteiger partial charge in [0.1, 0.15) is 5.75 Å². The van der Waals surface area contributed by atoms with Crippen molar-refractivity contribution in [3.05, 3.63) is 29.3 Å². The number of nitrogens with one attached hydrogen (secondary N) is 1. The lowest BCUT2D eigenvalue weighted by atomic mass is 9.79. The highest BCUT2D eigenvalue weighted by Crippen LogP contribution is 2.31. The van der Waals surface area contributed by atoms with Crippen LogP contribution in [0.2, 0.25) is 0 Å². The molecular weight excluding hydrogens is 254 g/mol. The third-order valence-corrected chi connectivity index (χ3v) is 4.10. The van der Waals surface area contributed by atoms with E-state index in [1.165, 1.54) is 6.07 Å². The molecular formula is C16H23NO3. The predicted molar refractivity (Wildman–Crippen MR) is 77.8 cm³/mol. The van der Waals surface area contributed by atoms with Crippen LogP contribution in [0.4, 0.5) is 0 Å². The van der Waals surface area contributed by atoms with Gasteiger partial charge in [-0.25, -0.2) is 0 Å². The lowest BCUT2D eigenvalue weighted by Gasteiger charge is -2.35. The molecule has 20 heavy (non-hydrogen) atoms. The SMILES string of the molecule is Cc1cc(C(=O)NCC2(O)CCCC(C)C2)ccc1O. The van der Waals surface area contributed by atoms with E-state index in [9.17, 15) is 15.0 Å². The van der Waals surface area contributed by atoms with Crippen LogP contribution in [0.5, 0.6) is 5.75 Å². The van der Waals surface area contributed by atoms with Gasteiger partial charge in [0.2, 0.25) is 0 Å². The number of amides is 1. The Hall–Kier alpha value is -1.55. The first-order valence-corrected chi connectivity index (χ1v) is 7.20. The molecule has 110 valence electrons. The first-order chi connectivity index (χ1) is 9.39. The molecule has 0 aromatic heterocycles. The van der Waals surface area contributed by atoms with Gasteiger partial charge >= 0.3 is 0 Å². The lowest BCUT2D eigenvalue weighted by molar-refractivity contribution is -0.0109. The van der Waals surface area contributed by atoms with Crippen LogP contribution < -0.4 is 5.32 Å². The number of aryl methyl sites for hydroxylation is 1. The van der Waals surface area contributed by atoms with Gasteiger partial charge in [0, 0.05) is 12.1 Å². The summed E-state index contributed by atoms with van der Waals surface area (Å²) in [5, 5.41) is 22.7. The van der Waals surface area contributed by atoms with Crippen LogP contribution >= 0.6 is 0 Å². The molecule has 0 bridgehead atoms. The van der Waals surface area contributed by atoms with Gasteiger partial charge in [0.25, 0.3) is 5.91 Å². The average molecular weight is 277 g/mol. The zero-order valence-electron chi connectivity index (χ0n) is 12.1. The van der Waals surface area contributed by atoms with Crippen molar-refractivity contribution in [3.8, 4) is 5.75 Å². The highest BCUT2D eigenvalue weighted by molar-refractivity contribution is 5.94.